The highest BCUT2D eigenvalue weighted by atomic mass is 32.2. The van der Waals surface area contributed by atoms with Crippen LogP contribution in [0.1, 0.15) is 43.9 Å². The molecule has 4 heterocycles. The van der Waals surface area contributed by atoms with E-state index in [0.717, 1.165) is 34.5 Å². The van der Waals surface area contributed by atoms with Gasteiger partial charge in [-0.1, -0.05) is 18.2 Å². The molecule has 0 spiro atoms. The van der Waals surface area contributed by atoms with Crippen molar-refractivity contribution in [1.29, 1.82) is 0 Å². The molecule has 10 nitrogen and oxygen atoms in total. The van der Waals surface area contributed by atoms with E-state index in [0.29, 0.717) is 26.9 Å². The van der Waals surface area contributed by atoms with E-state index >= 15 is 0 Å². The Kier molecular flexibility index (Phi) is 7.94. The molecule has 1 fully saturated rings. The molecule has 0 amide bonds. The average Bonchev–Trinajstić information content (AvgIpc) is 3.59. The van der Waals surface area contributed by atoms with Crippen LogP contribution in [0, 0.1) is 6.92 Å². The Labute approximate surface area is 238 Å². The number of hydrogen-bond donors (Lipinski definition) is 1. The Morgan fingerprint density at radius 2 is 1.98 bits per heavy atom. The van der Waals surface area contributed by atoms with Gasteiger partial charge in [-0.2, -0.15) is 11.8 Å². The summed E-state index contributed by atoms with van der Waals surface area (Å²) in [6.07, 6.45) is 4.07. The second kappa shape index (κ2) is 11.3. The van der Waals surface area contributed by atoms with Crippen LogP contribution in [0.3, 0.4) is 0 Å². The Hall–Kier alpha value is -3.35. The van der Waals surface area contributed by atoms with Gasteiger partial charge >= 0.3 is 11.7 Å². The predicted molar refractivity (Wildman–Crippen MR) is 155 cm³/mol. The molecule has 1 atom stereocenters. The highest BCUT2D eigenvalue weighted by molar-refractivity contribution is 7.99. The first-order chi connectivity index (χ1) is 19.1. The number of nitrogens with zero attached hydrogens (tertiary/aromatic N) is 3. The molecule has 5 rings (SSSR count). The van der Waals surface area contributed by atoms with E-state index in [4.69, 9.17) is 13.9 Å². The number of carboxylic acids is 1. The smallest absolute Gasteiger partial charge is 0.333 e. The fourth-order valence-corrected chi connectivity index (χ4v) is 7.30. The number of oxazole rings is 1. The number of aromatic nitrogens is 3. The summed E-state index contributed by atoms with van der Waals surface area (Å²) in [5, 5.41) is 10.3. The summed E-state index contributed by atoms with van der Waals surface area (Å²) in [6.45, 7) is 4.48. The molecule has 12 heteroatoms. The van der Waals surface area contributed by atoms with Crippen LogP contribution in [0.4, 0.5) is 0 Å². The molecule has 1 saturated heterocycles. The van der Waals surface area contributed by atoms with E-state index in [1.54, 1.807) is 14.0 Å². The largest absolute Gasteiger partial charge is 0.496 e. The minimum atomic E-state index is -1.80. The van der Waals surface area contributed by atoms with Crippen molar-refractivity contribution < 1.29 is 23.8 Å². The number of benzene rings is 1. The van der Waals surface area contributed by atoms with E-state index in [-0.39, 0.29) is 18.0 Å². The zero-order chi connectivity index (χ0) is 28.6. The highest BCUT2D eigenvalue weighted by Crippen LogP contribution is 2.38. The summed E-state index contributed by atoms with van der Waals surface area (Å²) < 4.78 is 20.1. The van der Waals surface area contributed by atoms with Gasteiger partial charge in [0.1, 0.15) is 28.5 Å². The number of carboxylic acid groups (broad SMARTS) is 1. The van der Waals surface area contributed by atoms with Crippen molar-refractivity contribution >= 4 is 39.3 Å². The number of thioether (sulfide) groups is 1. The summed E-state index contributed by atoms with van der Waals surface area (Å²) >= 11 is 3.10. The third-order valence-corrected chi connectivity index (χ3v) is 9.63. The molecular weight excluding hydrogens is 554 g/mol. The number of carbonyl (C=O) groups is 1. The number of thiophene rings is 1. The molecule has 0 unspecified atom stereocenters. The molecule has 0 radical (unpaired) electrons. The number of para-hydroxylation sites is 1. The molecule has 3 aromatic heterocycles. The lowest BCUT2D eigenvalue weighted by atomic mass is 10.0. The lowest BCUT2D eigenvalue weighted by Gasteiger charge is -2.30. The molecule has 1 N–H and O–H groups in total. The minimum absolute atomic E-state index is 0.0170. The van der Waals surface area contributed by atoms with E-state index < -0.39 is 28.9 Å². The third kappa shape index (κ3) is 4.99. The maximum Gasteiger partial charge on any atom is 0.333 e. The zero-order valence-corrected chi connectivity index (χ0v) is 24.3. The number of aliphatic carboxylic acids is 1. The van der Waals surface area contributed by atoms with Crippen LogP contribution in [-0.2, 0) is 21.6 Å². The van der Waals surface area contributed by atoms with E-state index in [9.17, 15) is 19.5 Å². The molecule has 212 valence electrons. The van der Waals surface area contributed by atoms with Gasteiger partial charge in [0.25, 0.3) is 5.56 Å². The summed E-state index contributed by atoms with van der Waals surface area (Å²) in [7, 11) is 1.58. The van der Waals surface area contributed by atoms with Crippen molar-refractivity contribution in [3.8, 4) is 16.5 Å². The Bertz CT molecular complexity index is 1650. The first-order valence-corrected chi connectivity index (χ1v) is 14.9. The Morgan fingerprint density at radius 1 is 1.25 bits per heavy atom. The number of ether oxygens (including phenoxy) is 2. The summed E-state index contributed by atoms with van der Waals surface area (Å²) in [6, 6.07) is 7.49. The van der Waals surface area contributed by atoms with Gasteiger partial charge < -0.3 is 19.0 Å². The molecule has 1 aromatic carbocycles. The van der Waals surface area contributed by atoms with Gasteiger partial charge in [-0.05, 0) is 56.7 Å². The van der Waals surface area contributed by atoms with Gasteiger partial charge in [-0.15, -0.1) is 11.3 Å². The van der Waals surface area contributed by atoms with Crippen LogP contribution in [-0.4, -0.2) is 49.9 Å². The molecule has 0 aliphatic carbocycles. The van der Waals surface area contributed by atoms with Gasteiger partial charge in [-0.25, -0.2) is 19.1 Å². The molecular formula is C28H31N3O7S2. The number of rotatable bonds is 9. The van der Waals surface area contributed by atoms with E-state index in [1.165, 1.54) is 42.2 Å². The SMILES string of the molecule is COc1ccccc1[C@H](Cn1c(=O)n(C(C)(C)C(=O)O)c(=O)c2c(C)c(-c3ncco3)sc21)OC1CCSCC1. The molecule has 4 aromatic rings. The first kappa shape index (κ1) is 28.2. The average molecular weight is 586 g/mol. The maximum absolute atomic E-state index is 14.1. The van der Waals surface area contributed by atoms with Gasteiger partial charge in [0, 0.05) is 5.56 Å². The topological polar surface area (TPSA) is 126 Å². The third-order valence-electron chi connectivity index (χ3n) is 7.28. The van der Waals surface area contributed by atoms with Crippen LogP contribution in [0.15, 0.2) is 50.7 Å². The first-order valence-electron chi connectivity index (χ1n) is 12.9. The van der Waals surface area contributed by atoms with Crippen molar-refractivity contribution in [2.75, 3.05) is 18.6 Å². The van der Waals surface area contributed by atoms with Crippen molar-refractivity contribution in [3.05, 3.63) is 68.7 Å². The lowest BCUT2D eigenvalue weighted by molar-refractivity contribution is -0.146. The van der Waals surface area contributed by atoms with Crippen molar-refractivity contribution in [3.63, 3.8) is 0 Å². The Balaban J connectivity index is 1.76. The number of methoxy groups -OCH3 is 1. The number of hydrogen-bond acceptors (Lipinski definition) is 9. The number of aryl methyl sites for hydroxylation is 1. The summed E-state index contributed by atoms with van der Waals surface area (Å²) in [5.74, 6) is 1.60. The normalized spacial score (nSPS) is 15.4. The highest BCUT2D eigenvalue weighted by Gasteiger charge is 2.36. The van der Waals surface area contributed by atoms with Gasteiger partial charge in [0.05, 0.1) is 36.2 Å². The standard InChI is InChI=1S/C28H31N3O7S2/c1-16-21-24(32)31(28(2,3)26(33)34)27(35)30(25(21)40-22(16)23-29-11-12-37-23)15-20(38-17-9-13-39-14-10-17)18-7-5-6-8-19(18)36-4/h5-8,11-12,17,20H,9-10,13-15H2,1-4H3,(H,33,34)/t20-/m0/s1. The molecule has 40 heavy (non-hydrogen) atoms. The monoisotopic (exact) mass is 585 g/mol. The fourth-order valence-electron chi connectivity index (χ4n) is 4.99. The van der Waals surface area contributed by atoms with E-state index in [2.05, 4.69) is 4.98 Å². The minimum Gasteiger partial charge on any atom is -0.496 e. The molecule has 0 bridgehead atoms. The van der Waals surface area contributed by atoms with Crippen molar-refractivity contribution in [2.24, 2.45) is 0 Å². The van der Waals surface area contributed by atoms with Crippen LogP contribution in [0.2, 0.25) is 0 Å². The predicted octanol–water partition coefficient (Wildman–Crippen LogP) is 4.67. The van der Waals surface area contributed by atoms with Crippen LogP contribution in [0.5, 0.6) is 5.75 Å². The van der Waals surface area contributed by atoms with E-state index in [1.807, 2.05) is 36.0 Å². The van der Waals surface area contributed by atoms with Gasteiger partial charge in [-0.3, -0.25) is 9.36 Å². The van der Waals surface area contributed by atoms with Gasteiger partial charge in [0.2, 0.25) is 5.89 Å². The summed E-state index contributed by atoms with van der Waals surface area (Å²) in [4.78, 5) is 45.4. The lowest BCUT2D eigenvalue weighted by Crippen LogP contribution is -2.52. The van der Waals surface area contributed by atoms with Crippen molar-refractivity contribution in [2.45, 2.75) is 57.9 Å². The summed E-state index contributed by atoms with van der Waals surface area (Å²) in [5.41, 5.74) is -1.87. The fraction of sp³-hybridized carbons (Fsp3) is 0.429. The second-order valence-corrected chi connectivity index (χ2v) is 12.4. The Morgan fingerprint density at radius 3 is 2.62 bits per heavy atom. The van der Waals surface area contributed by atoms with Crippen LogP contribution >= 0.6 is 23.1 Å². The van der Waals surface area contributed by atoms with Crippen LogP contribution in [0.25, 0.3) is 21.0 Å². The zero-order valence-electron chi connectivity index (χ0n) is 22.7. The van der Waals surface area contributed by atoms with Crippen molar-refractivity contribution in [1.82, 2.24) is 14.1 Å². The molecule has 1 aliphatic heterocycles. The second-order valence-electron chi connectivity index (χ2n) is 10.1. The van der Waals surface area contributed by atoms with Gasteiger partial charge in [0.15, 0.2) is 0 Å². The maximum atomic E-state index is 14.1. The number of fused-ring (bicyclic) bond motifs is 1. The van der Waals surface area contributed by atoms with Crippen LogP contribution < -0.4 is 16.0 Å². The quantitative estimate of drug-likeness (QED) is 0.298. The molecule has 0 saturated carbocycles. The molecule has 1 aliphatic rings.